The summed E-state index contributed by atoms with van der Waals surface area (Å²) >= 11 is 0. The van der Waals surface area contributed by atoms with Crippen molar-refractivity contribution in [3.63, 3.8) is 0 Å². The number of H-pyrrole nitrogens is 1. The van der Waals surface area contributed by atoms with Gasteiger partial charge in [0.2, 0.25) is 0 Å². The van der Waals surface area contributed by atoms with Crippen molar-refractivity contribution in [2.45, 2.75) is 24.5 Å². The van der Waals surface area contributed by atoms with Gasteiger partial charge in [0.05, 0.1) is 19.8 Å². The second-order valence-corrected chi connectivity index (χ2v) is 4.58. The van der Waals surface area contributed by atoms with Crippen LogP contribution in [0.15, 0.2) is 21.9 Å². The maximum Gasteiger partial charge on any atom is 0.330 e. The highest BCUT2D eigenvalue weighted by atomic mass is 16.6. The van der Waals surface area contributed by atoms with Crippen LogP contribution in [0.1, 0.15) is 6.23 Å². The molecule has 0 unspecified atom stereocenters. The molecule has 21 heavy (non-hydrogen) atoms. The summed E-state index contributed by atoms with van der Waals surface area (Å²) in [5.41, 5.74) is -1.22. The number of methoxy groups -OCH3 is 1. The summed E-state index contributed by atoms with van der Waals surface area (Å²) in [4.78, 5) is 25.0. The van der Waals surface area contributed by atoms with E-state index in [1.54, 1.807) is 0 Å². The number of aromatic nitrogens is 2. The van der Waals surface area contributed by atoms with Crippen LogP contribution >= 0.6 is 0 Å². The van der Waals surface area contributed by atoms with Gasteiger partial charge in [0.25, 0.3) is 5.56 Å². The van der Waals surface area contributed by atoms with Crippen LogP contribution in [-0.2, 0) is 14.2 Å². The zero-order valence-electron chi connectivity index (χ0n) is 11.5. The zero-order chi connectivity index (χ0) is 15.4. The fraction of sp³-hybridized carbons (Fsp3) is 0.667. The van der Waals surface area contributed by atoms with Crippen LogP contribution in [0.5, 0.6) is 0 Å². The highest BCUT2D eigenvalue weighted by molar-refractivity contribution is 4.93. The van der Waals surface area contributed by atoms with Crippen LogP contribution < -0.4 is 11.2 Å². The third-order valence-corrected chi connectivity index (χ3v) is 3.22. The molecule has 3 N–H and O–H groups in total. The number of nitrogens with zero attached hydrogens (tertiary/aromatic N) is 1. The average Bonchev–Trinajstić information content (AvgIpc) is 2.76. The Kier molecular flexibility index (Phi) is 5.26. The fourth-order valence-electron chi connectivity index (χ4n) is 2.17. The molecule has 1 aliphatic heterocycles. The maximum atomic E-state index is 11.8. The first-order chi connectivity index (χ1) is 10.1. The van der Waals surface area contributed by atoms with Crippen LogP contribution in [0.2, 0.25) is 0 Å². The summed E-state index contributed by atoms with van der Waals surface area (Å²) in [6.07, 6.45) is -2.53. The molecule has 2 heterocycles. The number of nitrogens with one attached hydrogen (secondary N) is 1. The standard InChI is InChI=1S/C12H18N2O7/c1-19-4-5-20-10-9(17)7(6-15)21-11(10)14-3-2-8(16)13-12(14)18/h2-3,7,9-11,15,17H,4-6H2,1H3,(H,13,16,18)/t7-,9-,10-,11-/m0/s1. The Balaban J connectivity index is 2.25. The molecule has 0 saturated carbocycles. The zero-order valence-corrected chi connectivity index (χ0v) is 11.5. The van der Waals surface area contributed by atoms with E-state index in [1.807, 2.05) is 0 Å². The Labute approximate surface area is 119 Å². The lowest BCUT2D eigenvalue weighted by atomic mass is 10.1. The molecule has 1 aromatic rings. The molecule has 0 radical (unpaired) electrons. The number of hydrogen-bond donors (Lipinski definition) is 3. The van der Waals surface area contributed by atoms with Gasteiger partial charge in [-0.3, -0.25) is 14.3 Å². The smallest absolute Gasteiger partial charge is 0.330 e. The Bertz CT molecular complexity index is 569. The van der Waals surface area contributed by atoms with E-state index in [2.05, 4.69) is 4.98 Å². The molecule has 1 aromatic heterocycles. The third-order valence-electron chi connectivity index (χ3n) is 3.22. The van der Waals surface area contributed by atoms with Crippen molar-refractivity contribution >= 4 is 0 Å². The van der Waals surface area contributed by atoms with Gasteiger partial charge < -0.3 is 24.4 Å². The van der Waals surface area contributed by atoms with Gasteiger partial charge in [0.1, 0.15) is 18.3 Å². The lowest BCUT2D eigenvalue weighted by Gasteiger charge is -2.22. The van der Waals surface area contributed by atoms with Crippen LogP contribution in [0.25, 0.3) is 0 Å². The number of hydrogen-bond acceptors (Lipinski definition) is 7. The normalized spacial score (nSPS) is 28.9. The van der Waals surface area contributed by atoms with Crippen molar-refractivity contribution in [1.29, 1.82) is 0 Å². The number of aliphatic hydroxyl groups is 2. The monoisotopic (exact) mass is 302 g/mol. The molecule has 1 fully saturated rings. The number of rotatable bonds is 6. The first-order valence-electron chi connectivity index (χ1n) is 6.45. The van der Waals surface area contributed by atoms with Crippen molar-refractivity contribution in [3.8, 4) is 0 Å². The first-order valence-corrected chi connectivity index (χ1v) is 6.45. The molecule has 9 nitrogen and oxygen atoms in total. The van der Waals surface area contributed by atoms with E-state index in [9.17, 15) is 19.8 Å². The lowest BCUT2D eigenvalue weighted by Crippen LogP contribution is -2.39. The van der Waals surface area contributed by atoms with Crippen molar-refractivity contribution in [2.75, 3.05) is 26.9 Å². The van der Waals surface area contributed by atoms with Gasteiger partial charge in [-0.15, -0.1) is 0 Å². The summed E-state index contributed by atoms with van der Waals surface area (Å²) < 4.78 is 16.9. The van der Waals surface area contributed by atoms with Gasteiger partial charge in [-0.1, -0.05) is 0 Å². The Morgan fingerprint density at radius 1 is 1.43 bits per heavy atom. The van der Waals surface area contributed by atoms with Gasteiger partial charge in [-0.25, -0.2) is 4.79 Å². The molecule has 0 aliphatic carbocycles. The van der Waals surface area contributed by atoms with Crippen molar-refractivity contribution in [1.82, 2.24) is 9.55 Å². The van der Waals surface area contributed by atoms with Gasteiger partial charge in [0.15, 0.2) is 6.23 Å². The quantitative estimate of drug-likeness (QED) is 0.510. The molecule has 0 amide bonds. The average molecular weight is 302 g/mol. The van der Waals surface area contributed by atoms with E-state index in [4.69, 9.17) is 14.2 Å². The largest absolute Gasteiger partial charge is 0.394 e. The van der Waals surface area contributed by atoms with Crippen LogP contribution in [0.3, 0.4) is 0 Å². The van der Waals surface area contributed by atoms with E-state index in [1.165, 1.54) is 13.3 Å². The molecule has 0 bridgehead atoms. The van der Waals surface area contributed by atoms with E-state index in [-0.39, 0.29) is 6.61 Å². The molecule has 118 valence electrons. The molecule has 1 saturated heterocycles. The topological polar surface area (TPSA) is 123 Å². The SMILES string of the molecule is COCCO[C@H]1[C@@H](O)[C@H](CO)O[C@@H]1n1ccc(=O)[nH]c1=O. The second kappa shape index (κ2) is 6.96. The molecule has 0 aromatic carbocycles. The molecule has 1 aliphatic rings. The lowest BCUT2D eigenvalue weighted by molar-refractivity contribution is -0.0819. The van der Waals surface area contributed by atoms with Gasteiger partial charge in [-0.05, 0) is 0 Å². The number of aliphatic hydroxyl groups excluding tert-OH is 2. The van der Waals surface area contributed by atoms with E-state index < -0.39 is 42.4 Å². The first kappa shape index (κ1) is 15.9. The van der Waals surface area contributed by atoms with E-state index >= 15 is 0 Å². The summed E-state index contributed by atoms with van der Waals surface area (Å²) in [5, 5.41) is 19.3. The fourth-order valence-corrected chi connectivity index (χ4v) is 2.17. The number of ether oxygens (including phenoxy) is 3. The predicted molar refractivity (Wildman–Crippen MR) is 69.9 cm³/mol. The summed E-state index contributed by atoms with van der Waals surface area (Å²) in [5.74, 6) is 0. The number of aromatic amines is 1. The van der Waals surface area contributed by atoms with E-state index in [0.717, 1.165) is 10.6 Å². The van der Waals surface area contributed by atoms with Gasteiger partial charge in [0, 0.05) is 19.4 Å². The molecule has 9 heteroatoms. The van der Waals surface area contributed by atoms with Gasteiger partial charge >= 0.3 is 5.69 Å². The maximum absolute atomic E-state index is 11.8. The molecule has 2 rings (SSSR count). The Morgan fingerprint density at radius 2 is 2.19 bits per heavy atom. The third kappa shape index (κ3) is 3.39. The molecule has 4 atom stereocenters. The van der Waals surface area contributed by atoms with Gasteiger partial charge in [-0.2, -0.15) is 0 Å². The summed E-state index contributed by atoms with van der Waals surface area (Å²) in [7, 11) is 1.51. The van der Waals surface area contributed by atoms with Crippen LogP contribution in [0.4, 0.5) is 0 Å². The van der Waals surface area contributed by atoms with Crippen molar-refractivity contribution in [2.24, 2.45) is 0 Å². The van der Waals surface area contributed by atoms with Crippen LogP contribution in [0, 0.1) is 0 Å². The molecular weight excluding hydrogens is 284 g/mol. The second-order valence-electron chi connectivity index (χ2n) is 4.58. The molecular formula is C12H18N2O7. The minimum Gasteiger partial charge on any atom is -0.394 e. The minimum atomic E-state index is -1.10. The Hall–Kier alpha value is -1.52. The molecule has 0 spiro atoms. The highest BCUT2D eigenvalue weighted by Gasteiger charge is 2.45. The highest BCUT2D eigenvalue weighted by Crippen LogP contribution is 2.30. The Morgan fingerprint density at radius 3 is 2.81 bits per heavy atom. The summed E-state index contributed by atoms with van der Waals surface area (Å²) in [6, 6.07) is 1.16. The predicted octanol–water partition coefficient (Wildman–Crippen LogP) is -2.18. The van der Waals surface area contributed by atoms with Crippen molar-refractivity contribution in [3.05, 3.63) is 33.1 Å². The van der Waals surface area contributed by atoms with E-state index in [0.29, 0.717) is 6.61 Å². The van der Waals surface area contributed by atoms with Crippen molar-refractivity contribution < 1.29 is 24.4 Å². The minimum absolute atomic E-state index is 0.189. The summed E-state index contributed by atoms with van der Waals surface area (Å²) in [6.45, 7) is 0.0779. The van der Waals surface area contributed by atoms with Crippen LogP contribution in [-0.4, -0.2) is 65.0 Å².